The quantitative estimate of drug-likeness (QED) is 0.448. The lowest BCUT2D eigenvalue weighted by Crippen LogP contribution is -2.30. The lowest BCUT2D eigenvalue weighted by atomic mass is 10.1. The van der Waals surface area contributed by atoms with Gasteiger partial charge >= 0.3 is 5.97 Å². The van der Waals surface area contributed by atoms with E-state index in [1.807, 2.05) is 13.8 Å². The molecule has 1 aliphatic carbocycles. The van der Waals surface area contributed by atoms with Crippen LogP contribution < -0.4 is 0 Å². The van der Waals surface area contributed by atoms with E-state index < -0.39 is 8.07 Å². The number of hydrogen-bond acceptors (Lipinski definition) is 3. The Morgan fingerprint density at radius 1 is 1.28 bits per heavy atom. The summed E-state index contributed by atoms with van der Waals surface area (Å²) in [6.07, 6.45) is 0.444. The first-order valence-electron chi connectivity index (χ1n) is 6.32. The monoisotopic (exact) mass is 266 g/mol. The molecule has 0 fully saturated rings. The first-order valence-corrected chi connectivity index (χ1v) is 9.82. The van der Waals surface area contributed by atoms with Gasteiger partial charge in [0.1, 0.15) is 0 Å². The van der Waals surface area contributed by atoms with E-state index in [0.717, 1.165) is 16.3 Å². The van der Waals surface area contributed by atoms with Gasteiger partial charge in [-0.3, -0.25) is 4.79 Å². The third kappa shape index (κ3) is 2.80. The zero-order chi connectivity index (χ0) is 14.1. The van der Waals surface area contributed by atoms with Crippen LogP contribution in [0.5, 0.6) is 0 Å². The summed E-state index contributed by atoms with van der Waals surface area (Å²) in [7, 11) is -1.83. The number of carbonyl (C=O) groups excluding carboxylic acids is 2. The standard InChI is InChI=1S/C14H22O3Si/c1-7-17-14(16)11-8-10(9(2)3)12(15)13(11)18(4,5)6/h7-8H2,1-6H3. The fraction of sp³-hybridized carbons (Fsp3) is 0.571. The lowest BCUT2D eigenvalue weighted by Gasteiger charge is -2.18. The minimum Gasteiger partial charge on any atom is -0.463 e. The van der Waals surface area contributed by atoms with Crippen molar-refractivity contribution in [1.29, 1.82) is 0 Å². The Morgan fingerprint density at radius 3 is 2.22 bits per heavy atom. The van der Waals surface area contributed by atoms with Crippen LogP contribution in [-0.4, -0.2) is 26.4 Å². The van der Waals surface area contributed by atoms with Crippen LogP contribution >= 0.6 is 0 Å². The Kier molecular flexibility index (Phi) is 4.32. The van der Waals surface area contributed by atoms with Crippen molar-refractivity contribution in [2.75, 3.05) is 6.61 Å². The van der Waals surface area contributed by atoms with Crippen molar-refractivity contribution < 1.29 is 14.3 Å². The maximum atomic E-state index is 12.4. The van der Waals surface area contributed by atoms with Gasteiger partial charge in [-0.2, -0.15) is 0 Å². The Morgan fingerprint density at radius 2 is 1.83 bits per heavy atom. The molecule has 0 aliphatic heterocycles. The van der Waals surface area contributed by atoms with Crippen molar-refractivity contribution in [3.8, 4) is 0 Å². The number of allylic oxidation sites excluding steroid dienone is 3. The zero-order valence-corrected chi connectivity index (χ0v) is 13.1. The summed E-state index contributed by atoms with van der Waals surface area (Å²) < 4.78 is 5.08. The molecule has 0 N–H and O–H groups in total. The Labute approximate surface area is 110 Å². The maximum Gasteiger partial charge on any atom is 0.334 e. The number of ether oxygens (including phenoxy) is 1. The van der Waals surface area contributed by atoms with Gasteiger partial charge in [0.05, 0.1) is 14.7 Å². The molecule has 1 aliphatic rings. The summed E-state index contributed by atoms with van der Waals surface area (Å²) in [5.74, 6) is -0.253. The van der Waals surface area contributed by atoms with Gasteiger partial charge in [0, 0.05) is 17.6 Å². The second-order valence-electron chi connectivity index (χ2n) is 5.81. The van der Waals surface area contributed by atoms with E-state index in [0.29, 0.717) is 18.6 Å². The Hall–Kier alpha value is -1.16. The molecule has 0 saturated heterocycles. The molecule has 100 valence electrons. The van der Waals surface area contributed by atoms with Crippen LogP contribution in [0.1, 0.15) is 27.2 Å². The predicted molar refractivity (Wildman–Crippen MR) is 75.0 cm³/mol. The van der Waals surface area contributed by atoms with Crippen LogP contribution in [0.3, 0.4) is 0 Å². The highest BCUT2D eigenvalue weighted by atomic mass is 28.3. The zero-order valence-electron chi connectivity index (χ0n) is 12.1. The number of hydrogen-bond donors (Lipinski definition) is 0. The van der Waals surface area contributed by atoms with Crippen molar-refractivity contribution in [2.24, 2.45) is 0 Å². The van der Waals surface area contributed by atoms with Crippen LogP contribution in [0, 0.1) is 0 Å². The second-order valence-corrected chi connectivity index (χ2v) is 10.8. The molecule has 0 aromatic rings. The minimum absolute atomic E-state index is 0.0669. The van der Waals surface area contributed by atoms with Crippen molar-refractivity contribution in [3.05, 3.63) is 21.9 Å². The molecular weight excluding hydrogens is 244 g/mol. The van der Waals surface area contributed by atoms with E-state index in [1.54, 1.807) is 6.92 Å². The fourth-order valence-electron chi connectivity index (χ4n) is 2.22. The van der Waals surface area contributed by atoms with Gasteiger partial charge in [-0.15, -0.1) is 0 Å². The number of rotatable bonds is 3. The average Bonchev–Trinajstić information content (AvgIpc) is 2.55. The molecule has 4 heteroatoms. The highest BCUT2D eigenvalue weighted by Gasteiger charge is 2.39. The summed E-state index contributed by atoms with van der Waals surface area (Å²) in [4.78, 5) is 24.4. The van der Waals surface area contributed by atoms with Gasteiger partial charge in [-0.05, 0) is 26.0 Å². The highest BCUT2D eigenvalue weighted by Crippen LogP contribution is 2.35. The summed E-state index contributed by atoms with van der Waals surface area (Å²) in [6.45, 7) is 12.2. The van der Waals surface area contributed by atoms with Crippen molar-refractivity contribution >= 4 is 19.8 Å². The van der Waals surface area contributed by atoms with Crippen LogP contribution in [0.4, 0.5) is 0 Å². The largest absolute Gasteiger partial charge is 0.463 e. The SMILES string of the molecule is CCOC(=O)C1=C([Si](C)(C)C)C(=O)C(=C(C)C)C1. The van der Waals surface area contributed by atoms with Crippen LogP contribution in [0.15, 0.2) is 21.9 Å². The molecule has 0 radical (unpaired) electrons. The smallest absolute Gasteiger partial charge is 0.334 e. The summed E-state index contributed by atoms with van der Waals surface area (Å²) in [5.41, 5.74) is 2.36. The normalized spacial score (nSPS) is 16.3. The van der Waals surface area contributed by atoms with E-state index in [1.165, 1.54) is 0 Å². The molecular formula is C14H22O3Si. The van der Waals surface area contributed by atoms with Crippen molar-refractivity contribution in [3.63, 3.8) is 0 Å². The molecule has 0 amide bonds. The third-order valence-electron chi connectivity index (χ3n) is 3.03. The number of Topliss-reactive ketones (excluding diaryl/α,β-unsaturated/α-hetero) is 1. The van der Waals surface area contributed by atoms with Gasteiger partial charge in [0.25, 0.3) is 0 Å². The van der Waals surface area contributed by atoms with E-state index in [2.05, 4.69) is 19.6 Å². The minimum atomic E-state index is -1.83. The highest BCUT2D eigenvalue weighted by molar-refractivity contribution is 6.88. The fourth-order valence-corrected chi connectivity index (χ4v) is 4.15. The van der Waals surface area contributed by atoms with Crippen LogP contribution in [-0.2, 0) is 14.3 Å². The molecule has 0 bridgehead atoms. The molecule has 18 heavy (non-hydrogen) atoms. The lowest BCUT2D eigenvalue weighted by molar-refractivity contribution is -0.138. The first kappa shape index (κ1) is 14.9. The molecule has 0 saturated carbocycles. The van der Waals surface area contributed by atoms with Gasteiger partial charge in [-0.25, -0.2) is 4.79 Å². The molecule has 3 nitrogen and oxygen atoms in total. The number of carbonyl (C=O) groups is 2. The van der Waals surface area contributed by atoms with Gasteiger partial charge in [-0.1, -0.05) is 25.2 Å². The maximum absolute atomic E-state index is 12.4. The van der Waals surface area contributed by atoms with Gasteiger partial charge < -0.3 is 4.74 Å². The van der Waals surface area contributed by atoms with Crippen LogP contribution in [0.25, 0.3) is 0 Å². The predicted octanol–water partition coefficient (Wildman–Crippen LogP) is 3.03. The molecule has 0 spiro atoms. The van der Waals surface area contributed by atoms with E-state index >= 15 is 0 Å². The van der Waals surface area contributed by atoms with Crippen molar-refractivity contribution in [2.45, 2.75) is 46.8 Å². The molecule has 1 rings (SSSR count). The van der Waals surface area contributed by atoms with E-state index in [-0.39, 0.29) is 11.8 Å². The number of ketones is 1. The Balaban J connectivity index is 3.31. The van der Waals surface area contributed by atoms with E-state index in [9.17, 15) is 9.59 Å². The first-order chi connectivity index (χ1) is 8.20. The summed E-state index contributed by atoms with van der Waals surface area (Å²) in [5, 5.41) is 0.747. The Bertz CT molecular complexity index is 446. The molecule has 0 aromatic carbocycles. The van der Waals surface area contributed by atoms with E-state index in [4.69, 9.17) is 4.74 Å². The van der Waals surface area contributed by atoms with Gasteiger partial charge in [0.2, 0.25) is 0 Å². The second kappa shape index (κ2) is 5.22. The average molecular weight is 266 g/mol. The van der Waals surface area contributed by atoms with Crippen molar-refractivity contribution in [1.82, 2.24) is 0 Å². The topological polar surface area (TPSA) is 43.4 Å². The molecule has 0 aromatic heterocycles. The van der Waals surface area contributed by atoms with Crippen LogP contribution in [0.2, 0.25) is 19.6 Å². The third-order valence-corrected chi connectivity index (χ3v) is 5.06. The summed E-state index contributed by atoms with van der Waals surface area (Å²) in [6, 6.07) is 0. The number of esters is 1. The molecule has 0 atom stereocenters. The summed E-state index contributed by atoms with van der Waals surface area (Å²) >= 11 is 0. The van der Waals surface area contributed by atoms with Gasteiger partial charge in [0.15, 0.2) is 5.78 Å². The molecule has 0 heterocycles. The molecule has 0 unspecified atom stereocenters.